The van der Waals surface area contributed by atoms with Crippen LogP contribution in [0, 0.1) is 5.82 Å². The van der Waals surface area contributed by atoms with Crippen LogP contribution in [0.2, 0.25) is 0 Å². The van der Waals surface area contributed by atoms with Gasteiger partial charge in [-0.1, -0.05) is 18.2 Å². The van der Waals surface area contributed by atoms with Gasteiger partial charge >= 0.3 is 7.12 Å². The lowest BCUT2D eigenvalue weighted by molar-refractivity contribution is 0.360. The molecule has 0 radical (unpaired) electrons. The first-order chi connectivity index (χ1) is 7.15. The molecule has 80 valence electrons. The van der Waals surface area contributed by atoms with Gasteiger partial charge < -0.3 is 14.8 Å². The number of benzene rings is 1. The van der Waals surface area contributed by atoms with Crippen LogP contribution in [-0.4, -0.2) is 23.8 Å². The Balaban J connectivity index is 2.73. The van der Waals surface area contributed by atoms with Gasteiger partial charge in [-0.25, -0.2) is 4.39 Å². The Hall–Kier alpha value is -1.33. The SMILES string of the molecule is CC=CCOc1ccc(B(O)O)c(F)c1. The van der Waals surface area contributed by atoms with E-state index in [1.807, 2.05) is 13.0 Å². The van der Waals surface area contributed by atoms with Crippen molar-refractivity contribution in [2.75, 3.05) is 6.61 Å². The van der Waals surface area contributed by atoms with Crippen LogP contribution < -0.4 is 10.2 Å². The molecular formula is C10H12BFO3. The predicted octanol–water partition coefficient (Wildman–Crippen LogP) is 0.460. The summed E-state index contributed by atoms with van der Waals surface area (Å²) in [6, 6.07) is 3.89. The number of ether oxygens (including phenoxy) is 1. The van der Waals surface area contributed by atoms with Gasteiger partial charge in [0.1, 0.15) is 18.2 Å². The number of rotatable bonds is 4. The minimum absolute atomic E-state index is 0.159. The first-order valence-corrected chi connectivity index (χ1v) is 4.54. The lowest BCUT2D eigenvalue weighted by Gasteiger charge is -2.06. The maximum Gasteiger partial charge on any atom is 0.491 e. The molecule has 0 saturated carbocycles. The van der Waals surface area contributed by atoms with Crippen LogP contribution in [0.1, 0.15) is 6.92 Å². The van der Waals surface area contributed by atoms with Gasteiger partial charge in [0.05, 0.1) is 0 Å². The Morgan fingerprint density at radius 2 is 2.20 bits per heavy atom. The molecule has 1 rings (SSSR count). The topological polar surface area (TPSA) is 49.7 Å². The van der Waals surface area contributed by atoms with Gasteiger partial charge in [-0.05, 0) is 13.0 Å². The minimum Gasteiger partial charge on any atom is -0.489 e. The summed E-state index contributed by atoms with van der Waals surface area (Å²) >= 11 is 0. The number of hydrogen-bond acceptors (Lipinski definition) is 3. The fraction of sp³-hybridized carbons (Fsp3) is 0.200. The van der Waals surface area contributed by atoms with Crippen molar-refractivity contribution in [3.05, 3.63) is 36.2 Å². The van der Waals surface area contributed by atoms with Gasteiger partial charge in [0.15, 0.2) is 0 Å². The highest BCUT2D eigenvalue weighted by Gasteiger charge is 2.16. The molecule has 5 heteroatoms. The lowest BCUT2D eigenvalue weighted by Crippen LogP contribution is -2.32. The van der Waals surface area contributed by atoms with E-state index in [0.29, 0.717) is 12.4 Å². The largest absolute Gasteiger partial charge is 0.491 e. The lowest BCUT2D eigenvalue weighted by atomic mass is 9.80. The van der Waals surface area contributed by atoms with E-state index in [1.54, 1.807) is 6.08 Å². The van der Waals surface area contributed by atoms with Crippen LogP contribution >= 0.6 is 0 Å². The Morgan fingerprint density at radius 1 is 1.47 bits per heavy atom. The zero-order valence-corrected chi connectivity index (χ0v) is 8.35. The second-order valence-electron chi connectivity index (χ2n) is 2.94. The summed E-state index contributed by atoms with van der Waals surface area (Å²) in [5.41, 5.74) is -0.159. The minimum atomic E-state index is -1.80. The van der Waals surface area contributed by atoms with Crippen LogP contribution in [0.15, 0.2) is 30.4 Å². The van der Waals surface area contributed by atoms with Gasteiger partial charge in [0.25, 0.3) is 0 Å². The van der Waals surface area contributed by atoms with Gasteiger partial charge in [0.2, 0.25) is 0 Å². The molecule has 0 bridgehead atoms. The van der Waals surface area contributed by atoms with E-state index in [2.05, 4.69) is 0 Å². The van der Waals surface area contributed by atoms with Crippen molar-refractivity contribution in [2.24, 2.45) is 0 Å². The molecule has 1 aromatic rings. The van der Waals surface area contributed by atoms with Crippen LogP contribution in [0.3, 0.4) is 0 Å². The summed E-state index contributed by atoms with van der Waals surface area (Å²) < 4.78 is 18.4. The highest BCUT2D eigenvalue weighted by molar-refractivity contribution is 6.58. The van der Waals surface area contributed by atoms with Crippen molar-refractivity contribution in [1.29, 1.82) is 0 Å². The molecule has 0 fully saturated rings. The third-order valence-corrected chi connectivity index (χ3v) is 1.83. The third-order valence-electron chi connectivity index (χ3n) is 1.83. The molecule has 0 aliphatic carbocycles. The summed E-state index contributed by atoms with van der Waals surface area (Å²) in [4.78, 5) is 0. The van der Waals surface area contributed by atoms with Crippen molar-refractivity contribution in [3.8, 4) is 5.75 Å². The standard InChI is InChI=1S/C10H12BFO3/c1-2-3-6-15-8-4-5-9(11(13)14)10(12)7-8/h2-5,7,13-14H,6H2,1H3. The van der Waals surface area contributed by atoms with Crippen molar-refractivity contribution in [2.45, 2.75) is 6.92 Å². The number of allylic oxidation sites excluding steroid dienone is 1. The van der Waals surface area contributed by atoms with Crippen LogP contribution in [-0.2, 0) is 0 Å². The Bertz CT molecular complexity index is 353. The maximum atomic E-state index is 13.2. The van der Waals surface area contributed by atoms with E-state index >= 15 is 0 Å². The summed E-state index contributed by atoms with van der Waals surface area (Å²) in [6.45, 7) is 2.21. The van der Waals surface area contributed by atoms with Crippen LogP contribution in [0.4, 0.5) is 4.39 Å². The van der Waals surface area contributed by atoms with E-state index < -0.39 is 12.9 Å². The van der Waals surface area contributed by atoms with Crippen molar-refractivity contribution >= 4 is 12.6 Å². The van der Waals surface area contributed by atoms with Gasteiger partial charge in [0, 0.05) is 11.5 Å². The van der Waals surface area contributed by atoms with Crippen molar-refractivity contribution in [1.82, 2.24) is 0 Å². The summed E-state index contributed by atoms with van der Waals surface area (Å²) in [6.07, 6.45) is 3.61. The van der Waals surface area contributed by atoms with E-state index in [9.17, 15) is 4.39 Å². The fourth-order valence-electron chi connectivity index (χ4n) is 1.05. The van der Waals surface area contributed by atoms with E-state index in [4.69, 9.17) is 14.8 Å². The molecule has 0 unspecified atom stereocenters. The van der Waals surface area contributed by atoms with E-state index in [-0.39, 0.29) is 5.46 Å². The first kappa shape index (κ1) is 11.7. The molecule has 0 aliphatic rings. The normalized spacial score (nSPS) is 10.7. The molecule has 2 N–H and O–H groups in total. The maximum absolute atomic E-state index is 13.2. The first-order valence-electron chi connectivity index (χ1n) is 4.54. The monoisotopic (exact) mass is 210 g/mol. The van der Waals surface area contributed by atoms with Gasteiger partial charge in [-0.2, -0.15) is 0 Å². The quantitative estimate of drug-likeness (QED) is 0.560. The van der Waals surface area contributed by atoms with Gasteiger partial charge in [-0.3, -0.25) is 0 Å². The predicted molar refractivity (Wildman–Crippen MR) is 56.5 cm³/mol. The number of halogens is 1. The molecule has 0 atom stereocenters. The third kappa shape index (κ3) is 3.38. The van der Waals surface area contributed by atoms with Crippen LogP contribution in [0.25, 0.3) is 0 Å². The van der Waals surface area contributed by atoms with E-state index in [0.717, 1.165) is 6.07 Å². The molecule has 3 nitrogen and oxygen atoms in total. The van der Waals surface area contributed by atoms with E-state index in [1.165, 1.54) is 12.1 Å². The highest BCUT2D eigenvalue weighted by Crippen LogP contribution is 2.10. The molecule has 0 amide bonds. The second-order valence-corrected chi connectivity index (χ2v) is 2.94. The Morgan fingerprint density at radius 3 is 2.73 bits per heavy atom. The number of hydrogen-bond donors (Lipinski definition) is 2. The Labute approximate surface area is 88.0 Å². The molecule has 0 saturated heterocycles. The molecule has 15 heavy (non-hydrogen) atoms. The highest BCUT2D eigenvalue weighted by atomic mass is 19.1. The summed E-state index contributed by atoms with van der Waals surface area (Å²) in [5, 5.41) is 17.5. The average molecular weight is 210 g/mol. The summed E-state index contributed by atoms with van der Waals surface area (Å²) in [5.74, 6) is -0.335. The average Bonchev–Trinajstić information content (AvgIpc) is 2.17. The van der Waals surface area contributed by atoms with Crippen molar-refractivity contribution < 1.29 is 19.2 Å². The molecular weight excluding hydrogens is 198 g/mol. The molecule has 0 heterocycles. The summed E-state index contributed by atoms with van der Waals surface area (Å²) in [7, 11) is -1.80. The molecule has 1 aromatic carbocycles. The zero-order valence-electron chi connectivity index (χ0n) is 8.35. The Kier molecular flexibility index (Phi) is 4.33. The molecule has 0 spiro atoms. The fourth-order valence-corrected chi connectivity index (χ4v) is 1.05. The molecule has 0 aliphatic heterocycles. The molecule has 0 aromatic heterocycles. The smallest absolute Gasteiger partial charge is 0.489 e. The zero-order chi connectivity index (χ0) is 11.3. The van der Waals surface area contributed by atoms with Crippen LogP contribution in [0.5, 0.6) is 5.75 Å². The second kappa shape index (κ2) is 5.53. The van der Waals surface area contributed by atoms with Gasteiger partial charge in [-0.15, -0.1) is 0 Å². The van der Waals surface area contributed by atoms with Crippen molar-refractivity contribution in [3.63, 3.8) is 0 Å².